The Balaban J connectivity index is 1.40. The minimum absolute atomic E-state index is 0.00255. The summed E-state index contributed by atoms with van der Waals surface area (Å²) >= 11 is 0. The topological polar surface area (TPSA) is 43.4 Å². The van der Waals surface area contributed by atoms with E-state index in [1.807, 2.05) is 36.4 Å². The number of halogens is 1. The van der Waals surface area contributed by atoms with Gasteiger partial charge in [0.1, 0.15) is 18.2 Å². The minimum atomic E-state index is -0.582. The number of ketones is 1. The molecule has 47 heavy (non-hydrogen) atoms. The van der Waals surface area contributed by atoms with Crippen LogP contribution in [0.1, 0.15) is 124 Å². The number of benzene rings is 2. The van der Waals surface area contributed by atoms with Crippen LogP contribution in [-0.2, 0) is 20.9 Å². The zero-order chi connectivity index (χ0) is 33.6. The van der Waals surface area contributed by atoms with Gasteiger partial charge in [-0.25, -0.2) is 4.39 Å². The molecule has 7 rings (SSSR count). The number of ether oxygens (including phenoxy) is 1. The van der Waals surface area contributed by atoms with Crippen LogP contribution < -0.4 is 0 Å². The summed E-state index contributed by atoms with van der Waals surface area (Å²) in [5.74, 6) is 0.883. The molecule has 4 heteroatoms. The normalized spacial score (nSPS) is 38.8. The first-order valence-corrected chi connectivity index (χ1v) is 18.3. The highest BCUT2D eigenvalue weighted by Gasteiger charge is 2.70. The van der Waals surface area contributed by atoms with Gasteiger partial charge < -0.3 is 4.74 Å². The molecule has 5 aliphatic rings. The van der Waals surface area contributed by atoms with Crippen molar-refractivity contribution in [1.82, 2.24) is 0 Å². The summed E-state index contributed by atoms with van der Waals surface area (Å²) < 4.78 is 21.4. The van der Waals surface area contributed by atoms with Gasteiger partial charge in [0.25, 0.3) is 0 Å². The van der Waals surface area contributed by atoms with Gasteiger partial charge in [0.2, 0.25) is 0 Å². The monoisotopic (exact) mass is 638 g/mol. The van der Waals surface area contributed by atoms with E-state index in [2.05, 4.69) is 54.5 Å². The fourth-order valence-electron chi connectivity index (χ4n) is 12.3. The first-order chi connectivity index (χ1) is 22.1. The number of fused-ring (bicyclic) bond motifs is 7. The van der Waals surface area contributed by atoms with Gasteiger partial charge in [-0.2, -0.15) is 0 Å². The molecular formula is C43H55FO3. The SMILES string of the molecule is CC1(C)CC[C@]2(C(=O)OCc3ccccc3)CC[C@]3(C)C(=C(c4cccc(F)c4)CC4[C@@]5(C)CCC(=O)C(C)(C)[C@@H]5CC[C@]43C)[C@@H]2C1. The molecule has 4 fully saturated rings. The van der Waals surface area contributed by atoms with E-state index in [4.69, 9.17) is 4.74 Å². The zero-order valence-electron chi connectivity index (χ0n) is 29.8. The first-order valence-electron chi connectivity index (χ1n) is 18.3. The summed E-state index contributed by atoms with van der Waals surface area (Å²) in [6.07, 6.45) is 9.06. The molecule has 0 N–H and O–H groups in total. The molecule has 0 heterocycles. The molecule has 1 unspecified atom stereocenters. The molecule has 0 spiro atoms. The molecule has 0 aliphatic heterocycles. The molecule has 0 saturated heterocycles. The molecule has 3 nitrogen and oxygen atoms in total. The van der Waals surface area contributed by atoms with Crippen molar-refractivity contribution in [2.24, 2.45) is 50.2 Å². The average molecular weight is 639 g/mol. The molecule has 0 aromatic heterocycles. The summed E-state index contributed by atoms with van der Waals surface area (Å²) in [7, 11) is 0. The lowest BCUT2D eigenvalue weighted by atomic mass is 9.32. The Morgan fingerprint density at radius 2 is 1.57 bits per heavy atom. The van der Waals surface area contributed by atoms with E-state index < -0.39 is 5.41 Å². The molecular weight excluding hydrogens is 583 g/mol. The number of esters is 1. The zero-order valence-corrected chi connectivity index (χ0v) is 29.8. The molecule has 0 amide bonds. The van der Waals surface area contributed by atoms with E-state index in [9.17, 15) is 9.59 Å². The van der Waals surface area contributed by atoms with Crippen LogP contribution in [0.5, 0.6) is 0 Å². The van der Waals surface area contributed by atoms with Gasteiger partial charge in [-0.15, -0.1) is 0 Å². The summed E-state index contributed by atoms with van der Waals surface area (Å²) in [6.45, 7) is 17.0. The number of carbonyl (C=O) groups excluding carboxylic acids is 2. The highest BCUT2D eigenvalue weighted by atomic mass is 19.1. The second-order valence-electron chi connectivity index (χ2n) is 18.3. The third kappa shape index (κ3) is 4.77. The van der Waals surface area contributed by atoms with Crippen molar-refractivity contribution < 1.29 is 18.7 Å². The molecule has 0 bridgehead atoms. The maximum absolute atomic E-state index is 15.1. The van der Waals surface area contributed by atoms with Crippen LogP contribution in [0.4, 0.5) is 4.39 Å². The third-order valence-corrected chi connectivity index (χ3v) is 15.3. The van der Waals surface area contributed by atoms with Crippen molar-refractivity contribution >= 4 is 17.3 Å². The average Bonchev–Trinajstić information content (AvgIpc) is 3.02. The minimum Gasteiger partial charge on any atom is -0.460 e. The second kappa shape index (κ2) is 10.9. The Hall–Kier alpha value is -2.75. The lowest BCUT2D eigenvalue weighted by Crippen LogP contribution is -2.65. The number of allylic oxidation sites excluding steroid dienone is 2. The Bertz CT molecular complexity index is 1620. The number of rotatable bonds is 4. The van der Waals surface area contributed by atoms with Crippen LogP contribution in [0, 0.1) is 56.1 Å². The van der Waals surface area contributed by atoms with Crippen LogP contribution in [0.25, 0.3) is 5.57 Å². The number of carbonyl (C=O) groups is 2. The molecule has 2 aromatic carbocycles. The van der Waals surface area contributed by atoms with Crippen molar-refractivity contribution in [3.8, 4) is 0 Å². The van der Waals surface area contributed by atoms with E-state index in [1.165, 1.54) is 11.1 Å². The van der Waals surface area contributed by atoms with Crippen molar-refractivity contribution in [2.45, 2.75) is 119 Å². The van der Waals surface area contributed by atoms with E-state index in [0.29, 0.717) is 30.6 Å². The molecule has 5 aliphatic carbocycles. The number of Topliss-reactive ketones (excluding diaryl/α,β-unsaturated/α-hetero) is 1. The predicted molar refractivity (Wildman–Crippen MR) is 186 cm³/mol. The quantitative estimate of drug-likeness (QED) is 0.313. The van der Waals surface area contributed by atoms with Gasteiger partial charge in [0, 0.05) is 11.8 Å². The van der Waals surface area contributed by atoms with Gasteiger partial charge in [0.15, 0.2) is 0 Å². The van der Waals surface area contributed by atoms with Crippen LogP contribution in [-0.4, -0.2) is 11.8 Å². The highest BCUT2D eigenvalue weighted by Crippen LogP contribution is 2.77. The number of hydrogen-bond acceptors (Lipinski definition) is 3. The lowest BCUT2D eigenvalue weighted by molar-refractivity contribution is -0.190. The molecule has 4 saturated carbocycles. The van der Waals surface area contributed by atoms with E-state index in [0.717, 1.165) is 68.9 Å². The van der Waals surface area contributed by atoms with Crippen molar-refractivity contribution in [3.05, 3.63) is 77.1 Å². The van der Waals surface area contributed by atoms with Crippen LogP contribution >= 0.6 is 0 Å². The largest absolute Gasteiger partial charge is 0.460 e. The molecule has 7 atom stereocenters. The smallest absolute Gasteiger partial charge is 0.313 e. The van der Waals surface area contributed by atoms with Gasteiger partial charge >= 0.3 is 5.97 Å². The first kappa shape index (κ1) is 32.8. The Morgan fingerprint density at radius 3 is 2.30 bits per heavy atom. The van der Waals surface area contributed by atoms with Gasteiger partial charge in [-0.1, -0.05) is 96.5 Å². The van der Waals surface area contributed by atoms with Gasteiger partial charge in [-0.3, -0.25) is 9.59 Å². The fraction of sp³-hybridized carbons (Fsp3) is 0.628. The Labute approximate surface area is 282 Å². The summed E-state index contributed by atoms with van der Waals surface area (Å²) in [5, 5.41) is 0. The lowest BCUT2D eigenvalue weighted by Gasteiger charge is -2.71. The fourth-order valence-corrected chi connectivity index (χ4v) is 12.3. The van der Waals surface area contributed by atoms with Crippen molar-refractivity contribution in [1.29, 1.82) is 0 Å². The van der Waals surface area contributed by atoms with E-state index in [1.54, 1.807) is 12.1 Å². The van der Waals surface area contributed by atoms with Gasteiger partial charge in [-0.05, 0) is 126 Å². The standard InChI is InChI=1S/C43H55FO3/c1-38(2)20-22-43(37(46)47-27-28-12-9-8-10-13-28)23-21-42(7)36(32(43)26-38)31(29-14-11-15-30(44)24-29)25-34-40(5)18-17-35(45)39(3,4)33(40)16-19-41(34,42)6/h8-15,24,32-34H,16-23,25-27H2,1-7H3/t32-,33-,34?,40-,41+,42+,43-/m0/s1. The third-order valence-electron chi connectivity index (χ3n) is 15.3. The van der Waals surface area contributed by atoms with Crippen LogP contribution in [0.3, 0.4) is 0 Å². The molecule has 2 aromatic rings. The van der Waals surface area contributed by atoms with E-state index >= 15 is 4.39 Å². The van der Waals surface area contributed by atoms with Gasteiger partial charge in [0.05, 0.1) is 5.41 Å². The van der Waals surface area contributed by atoms with Crippen molar-refractivity contribution in [3.63, 3.8) is 0 Å². The Kier molecular flexibility index (Phi) is 7.59. The summed E-state index contributed by atoms with van der Waals surface area (Å²) in [4.78, 5) is 27.9. The summed E-state index contributed by atoms with van der Waals surface area (Å²) in [6, 6.07) is 17.3. The maximum atomic E-state index is 15.1. The summed E-state index contributed by atoms with van der Waals surface area (Å²) in [5.41, 5.74) is 3.70. The highest BCUT2D eigenvalue weighted by molar-refractivity contribution is 5.86. The number of hydrogen-bond donors (Lipinski definition) is 0. The Morgan fingerprint density at radius 1 is 0.851 bits per heavy atom. The van der Waals surface area contributed by atoms with Crippen LogP contribution in [0.2, 0.25) is 0 Å². The maximum Gasteiger partial charge on any atom is 0.313 e. The predicted octanol–water partition coefficient (Wildman–Crippen LogP) is 10.8. The van der Waals surface area contributed by atoms with Crippen LogP contribution in [0.15, 0.2) is 60.2 Å². The molecule has 0 radical (unpaired) electrons. The molecule has 252 valence electrons. The van der Waals surface area contributed by atoms with Crippen molar-refractivity contribution in [2.75, 3.05) is 0 Å². The van der Waals surface area contributed by atoms with E-state index in [-0.39, 0.29) is 44.8 Å². The second-order valence-corrected chi connectivity index (χ2v) is 18.3.